The Hall–Kier alpha value is -2.98. The third-order valence-corrected chi connectivity index (χ3v) is 10.8. The summed E-state index contributed by atoms with van der Waals surface area (Å²) in [5, 5.41) is 2.93. The monoisotopic (exact) mass is 815 g/mol. The van der Waals surface area contributed by atoms with Crippen LogP contribution >= 0.6 is 0 Å². The van der Waals surface area contributed by atoms with Gasteiger partial charge in [0.2, 0.25) is 17.7 Å². The summed E-state index contributed by atoms with van der Waals surface area (Å²) >= 11 is 0. The van der Waals surface area contributed by atoms with Crippen molar-refractivity contribution in [1.82, 2.24) is 15.1 Å². The Kier molecular flexibility index (Phi) is 33.9. The molecule has 0 radical (unpaired) electrons. The molecule has 0 spiro atoms. The molecule has 1 aromatic carbocycles. The first-order valence-electron chi connectivity index (χ1n) is 23.6. The Morgan fingerprint density at radius 3 is 1.57 bits per heavy atom. The number of nitrogens with one attached hydrogen (secondary N) is 1. The van der Waals surface area contributed by atoms with E-state index in [-0.39, 0.29) is 37.5 Å². The van der Waals surface area contributed by atoms with Gasteiger partial charge in [-0.3, -0.25) is 19.2 Å². The number of carbonyl (C=O) groups is 4. The van der Waals surface area contributed by atoms with Crippen LogP contribution in [0, 0.1) is 0 Å². The maximum atomic E-state index is 14.0. The van der Waals surface area contributed by atoms with E-state index in [1.165, 1.54) is 89.9 Å². The fourth-order valence-corrected chi connectivity index (χ4v) is 7.28. The second kappa shape index (κ2) is 37.1. The summed E-state index contributed by atoms with van der Waals surface area (Å²) in [7, 11) is 0. The molecule has 0 fully saturated rings. The van der Waals surface area contributed by atoms with Crippen molar-refractivity contribution in [3.63, 3.8) is 0 Å². The van der Waals surface area contributed by atoms with Crippen LogP contribution in [-0.4, -0.2) is 79.0 Å². The fourth-order valence-electron chi connectivity index (χ4n) is 7.28. The third kappa shape index (κ3) is 28.4. The number of hydrogen-bond donors (Lipinski definition) is 2. The number of nitrogens with zero attached hydrogens (tertiary/aromatic N) is 2. The van der Waals surface area contributed by atoms with Crippen molar-refractivity contribution in [2.24, 2.45) is 5.73 Å². The molecule has 1 unspecified atom stereocenters. The number of rotatable bonds is 40. The molecule has 0 aliphatic rings. The highest BCUT2D eigenvalue weighted by Crippen LogP contribution is 2.18. The van der Waals surface area contributed by atoms with E-state index in [1.54, 1.807) is 0 Å². The maximum absolute atomic E-state index is 14.0. The van der Waals surface area contributed by atoms with Crippen LogP contribution in [0.15, 0.2) is 24.3 Å². The zero-order chi connectivity index (χ0) is 42.5. The van der Waals surface area contributed by atoms with E-state index in [9.17, 15) is 19.2 Å². The van der Waals surface area contributed by atoms with Gasteiger partial charge in [0.15, 0.2) is 0 Å². The minimum atomic E-state index is -0.716. The van der Waals surface area contributed by atoms with Crippen molar-refractivity contribution < 1.29 is 28.7 Å². The van der Waals surface area contributed by atoms with Crippen molar-refractivity contribution in [2.75, 3.05) is 39.5 Å². The summed E-state index contributed by atoms with van der Waals surface area (Å²) in [6, 6.07) is 7.91. The summed E-state index contributed by atoms with van der Waals surface area (Å²) in [6.07, 6.45) is 27.2. The van der Waals surface area contributed by atoms with Gasteiger partial charge in [0.05, 0.1) is 0 Å². The Morgan fingerprint density at radius 2 is 1.05 bits per heavy atom. The van der Waals surface area contributed by atoms with Crippen LogP contribution in [0.1, 0.15) is 199 Å². The van der Waals surface area contributed by atoms with E-state index in [1.807, 2.05) is 34.1 Å². The smallest absolute Gasteiger partial charge is 0.252 e. The third-order valence-electron chi connectivity index (χ3n) is 10.8. The zero-order valence-electron chi connectivity index (χ0n) is 37.6. The molecule has 334 valence electrons. The van der Waals surface area contributed by atoms with Crippen LogP contribution in [0.5, 0.6) is 0 Å². The van der Waals surface area contributed by atoms with Gasteiger partial charge in [-0.2, -0.15) is 0 Å². The molecule has 1 rings (SSSR count). The first-order valence-corrected chi connectivity index (χ1v) is 23.6. The van der Waals surface area contributed by atoms with E-state index < -0.39 is 12.0 Å². The molecule has 3 N–H and O–H groups in total. The normalized spacial score (nSPS) is 11.7. The first-order chi connectivity index (χ1) is 28.2. The molecule has 0 saturated heterocycles. The largest absolute Gasteiger partial charge is 0.368 e. The molecule has 0 aromatic heterocycles. The van der Waals surface area contributed by atoms with E-state index in [0.717, 1.165) is 88.4 Å². The average Bonchev–Trinajstić information content (AvgIpc) is 3.21. The number of benzene rings is 1. The van der Waals surface area contributed by atoms with Gasteiger partial charge in [0.25, 0.3) is 5.91 Å². The number of ether oxygens (including phenoxy) is 2. The Morgan fingerprint density at radius 1 is 0.586 bits per heavy atom. The van der Waals surface area contributed by atoms with Crippen LogP contribution in [0.4, 0.5) is 0 Å². The second-order valence-corrected chi connectivity index (χ2v) is 16.4. The minimum Gasteiger partial charge on any atom is -0.368 e. The van der Waals surface area contributed by atoms with Gasteiger partial charge in [0.1, 0.15) is 25.9 Å². The van der Waals surface area contributed by atoms with Crippen LogP contribution in [0.2, 0.25) is 0 Å². The zero-order valence-corrected chi connectivity index (χ0v) is 37.6. The van der Waals surface area contributed by atoms with E-state index in [4.69, 9.17) is 15.2 Å². The fraction of sp³-hybridized carbons (Fsp3) is 0.792. The van der Waals surface area contributed by atoms with Gasteiger partial charge >= 0.3 is 0 Å². The van der Waals surface area contributed by atoms with Crippen molar-refractivity contribution in [2.45, 2.75) is 207 Å². The number of carbonyl (C=O) groups excluding carboxylic acids is 4. The van der Waals surface area contributed by atoms with Crippen molar-refractivity contribution in [3.8, 4) is 0 Å². The van der Waals surface area contributed by atoms with E-state index in [2.05, 4.69) is 33.0 Å². The van der Waals surface area contributed by atoms with Crippen LogP contribution < -0.4 is 11.1 Å². The SMILES string of the molecule is CCCCCCCCC(OCC(N)=O)C(=O)N(CCCCCCCC)Cc1cccc(CNC(=O)COCC(=O)N(CCCCCCCC)CCCCCCCC)c1. The molecular weight excluding hydrogens is 729 g/mol. The van der Waals surface area contributed by atoms with Crippen molar-refractivity contribution >= 4 is 23.6 Å². The van der Waals surface area contributed by atoms with Gasteiger partial charge < -0.3 is 30.3 Å². The highest BCUT2D eigenvalue weighted by atomic mass is 16.5. The molecule has 0 aliphatic heterocycles. The van der Waals surface area contributed by atoms with E-state index in [0.29, 0.717) is 26.1 Å². The highest BCUT2D eigenvalue weighted by molar-refractivity contribution is 5.82. The van der Waals surface area contributed by atoms with Gasteiger partial charge in [-0.1, -0.05) is 187 Å². The summed E-state index contributed by atoms with van der Waals surface area (Å²) < 4.78 is 11.5. The molecule has 58 heavy (non-hydrogen) atoms. The highest BCUT2D eigenvalue weighted by Gasteiger charge is 2.26. The Bertz CT molecular complexity index is 1180. The minimum absolute atomic E-state index is 0.0445. The topological polar surface area (TPSA) is 131 Å². The van der Waals surface area contributed by atoms with E-state index >= 15 is 0 Å². The molecule has 0 saturated carbocycles. The summed E-state index contributed by atoms with van der Waals surface area (Å²) in [5.74, 6) is -1.01. The molecule has 1 atom stereocenters. The predicted octanol–water partition coefficient (Wildman–Crippen LogP) is 10.2. The average molecular weight is 815 g/mol. The molecule has 10 nitrogen and oxygen atoms in total. The lowest BCUT2D eigenvalue weighted by molar-refractivity contribution is -0.147. The Labute approximate surface area is 354 Å². The maximum Gasteiger partial charge on any atom is 0.252 e. The van der Waals surface area contributed by atoms with Gasteiger partial charge in [-0.25, -0.2) is 0 Å². The summed E-state index contributed by atoms with van der Waals surface area (Å²) in [4.78, 5) is 55.5. The lowest BCUT2D eigenvalue weighted by atomic mass is 10.0. The number of primary amides is 1. The molecule has 0 aliphatic carbocycles. The quantitative estimate of drug-likeness (QED) is 0.0635. The lowest BCUT2D eigenvalue weighted by Crippen LogP contribution is -2.42. The van der Waals surface area contributed by atoms with Gasteiger partial charge in [0, 0.05) is 32.7 Å². The molecule has 10 heteroatoms. The number of hydrogen-bond acceptors (Lipinski definition) is 6. The Balaban J connectivity index is 2.80. The number of nitrogens with two attached hydrogens (primary N) is 1. The molecule has 0 bridgehead atoms. The number of amides is 4. The standard InChI is InChI=1S/C48H86N4O6/c1-5-9-13-17-21-25-32-44(58-39-45(49)53)48(56)52(35-28-24-20-16-12-8-4)38-43-31-29-30-42(36-43)37-50-46(54)40-57-41-47(55)51(33-26-22-18-14-10-6-2)34-27-23-19-15-11-7-3/h29-31,36,44H,5-28,32-35,37-41H2,1-4H3,(H2,49,53)(H,50,54). The van der Waals surface area contributed by atoms with Gasteiger partial charge in [-0.05, 0) is 36.8 Å². The molecule has 1 aromatic rings. The van der Waals surface area contributed by atoms with Crippen molar-refractivity contribution in [1.29, 1.82) is 0 Å². The van der Waals surface area contributed by atoms with Gasteiger partial charge in [-0.15, -0.1) is 0 Å². The predicted molar refractivity (Wildman–Crippen MR) is 238 cm³/mol. The van der Waals surface area contributed by atoms with Crippen molar-refractivity contribution in [3.05, 3.63) is 35.4 Å². The van der Waals surface area contributed by atoms with Crippen LogP contribution in [-0.2, 0) is 41.7 Å². The van der Waals surface area contributed by atoms with Crippen LogP contribution in [0.3, 0.4) is 0 Å². The lowest BCUT2D eigenvalue weighted by Gasteiger charge is -2.28. The summed E-state index contributed by atoms with van der Waals surface area (Å²) in [6.45, 7) is 11.1. The second-order valence-electron chi connectivity index (χ2n) is 16.4. The molecule has 4 amide bonds. The number of unbranched alkanes of at least 4 members (excludes halogenated alkanes) is 20. The molecular formula is C48H86N4O6. The van der Waals surface area contributed by atoms with Crippen LogP contribution in [0.25, 0.3) is 0 Å². The summed E-state index contributed by atoms with van der Waals surface area (Å²) in [5.41, 5.74) is 7.29. The molecule has 0 heterocycles. The first kappa shape index (κ1) is 53.0.